The Morgan fingerprint density at radius 1 is 1.11 bits per heavy atom. The van der Waals surface area contributed by atoms with Crippen molar-refractivity contribution in [2.75, 3.05) is 13.7 Å². The smallest absolute Gasteiger partial charge is 0.0575 e. The summed E-state index contributed by atoms with van der Waals surface area (Å²) in [4.78, 5) is 5.52. The minimum absolute atomic E-state index is 0.0261. The summed E-state index contributed by atoms with van der Waals surface area (Å²) in [5.74, 6) is 0.548. The zero-order chi connectivity index (χ0) is 15.1. The van der Waals surface area contributed by atoms with Gasteiger partial charge in [0.25, 0.3) is 0 Å². The molecule has 0 aliphatic rings. The summed E-state index contributed by atoms with van der Waals surface area (Å²) in [6.45, 7) is 14.2. The molecule has 3 heteroatoms. The first-order valence-corrected chi connectivity index (χ1v) is 7.91. The van der Waals surface area contributed by atoms with Crippen molar-refractivity contribution in [3.05, 3.63) is 0 Å². The maximum Gasteiger partial charge on any atom is 0.0575 e. The maximum atomic E-state index is 6.66. The number of hydroxylamine groups is 2. The first-order chi connectivity index (χ1) is 8.81. The van der Waals surface area contributed by atoms with E-state index in [2.05, 4.69) is 46.6 Å². The van der Waals surface area contributed by atoms with Crippen LogP contribution in [0.3, 0.4) is 0 Å². The van der Waals surface area contributed by atoms with E-state index in [-0.39, 0.29) is 11.1 Å². The molecule has 0 radical (unpaired) electrons. The van der Waals surface area contributed by atoms with Gasteiger partial charge in [0.1, 0.15) is 0 Å². The Labute approximate surface area is 120 Å². The highest BCUT2D eigenvalue weighted by Gasteiger charge is 2.37. The van der Waals surface area contributed by atoms with Gasteiger partial charge in [-0.15, -0.1) is 0 Å². The van der Waals surface area contributed by atoms with E-state index >= 15 is 0 Å². The molecule has 0 heterocycles. The third-order valence-corrected chi connectivity index (χ3v) is 4.70. The van der Waals surface area contributed by atoms with Gasteiger partial charge in [0, 0.05) is 17.6 Å². The summed E-state index contributed by atoms with van der Waals surface area (Å²) in [6, 6.07) is 0. The Kier molecular flexibility index (Phi) is 8.18. The van der Waals surface area contributed by atoms with Gasteiger partial charge in [0.05, 0.1) is 7.11 Å². The molecule has 0 saturated heterocycles. The van der Waals surface area contributed by atoms with Crippen LogP contribution < -0.4 is 5.73 Å². The number of nitrogens with zero attached hydrogens (tertiary/aromatic N) is 1. The van der Waals surface area contributed by atoms with Crippen molar-refractivity contribution >= 4 is 0 Å². The molecule has 0 aromatic carbocycles. The lowest BCUT2D eigenvalue weighted by Crippen LogP contribution is -2.52. The van der Waals surface area contributed by atoms with Crippen molar-refractivity contribution in [2.45, 2.75) is 84.7 Å². The van der Waals surface area contributed by atoms with Gasteiger partial charge in [0.15, 0.2) is 0 Å². The predicted octanol–water partition coefficient (Wildman–Crippen LogP) is 3.97. The van der Waals surface area contributed by atoms with Crippen molar-refractivity contribution < 1.29 is 4.84 Å². The van der Waals surface area contributed by atoms with Crippen LogP contribution in [0.25, 0.3) is 0 Å². The zero-order valence-electron chi connectivity index (χ0n) is 14.3. The summed E-state index contributed by atoms with van der Waals surface area (Å²) < 4.78 is 0. The number of rotatable bonds is 10. The SMILES string of the molecule is CCCC(CC(C)(C)N(CC)OC)C(N)(CC)CC. The molecule has 0 bridgehead atoms. The largest absolute Gasteiger partial charge is 0.325 e. The molecule has 0 amide bonds. The third-order valence-electron chi connectivity index (χ3n) is 4.70. The number of hydrogen-bond acceptors (Lipinski definition) is 3. The van der Waals surface area contributed by atoms with Gasteiger partial charge < -0.3 is 10.6 Å². The summed E-state index contributed by atoms with van der Waals surface area (Å²) >= 11 is 0. The highest BCUT2D eigenvalue weighted by atomic mass is 16.7. The van der Waals surface area contributed by atoms with Crippen LogP contribution in [-0.2, 0) is 4.84 Å². The van der Waals surface area contributed by atoms with E-state index in [0.29, 0.717) is 5.92 Å². The molecule has 3 nitrogen and oxygen atoms in total. The molecule has 1 unspecified atom stereocenters. The fourth-order valence-corrected chi connectivity index (χ4v) is 3.28. The average molecular weight is 272 g/mol. The molecule has 1 atom stereocenters. The Morgan fingerprint density at radius 3 is 1.95 bits per heavy atom. The van der Waals surface area contributed by atoms with Gasteiger partial charge in [-0.3, -0.25) is 0 Å². The first kappa shape index (κ1) is 18.9. The quantitative estimate of drug-likeness (QED) is 0.612. The van der Waals surface area contributed by atoms with Gasteiger partial charge in [-0.05, 0) is 45.4 Å². The standard InChI is InChI=1S/C16H36N2O/c1-8-12-14(16(17,9-2)10-3)13-15(5,6)18(11-4)19-7/h14H,8-13,17H2,1-7H3. The molecule has 2 N–H and O–H groups in total. The molecule has 0 aromatic heterocycles. The van der Waals surface area contributed by atoms with E-state index in [1.807, 2.05) is 0 Å². The van der Waals surface area contributed by atoms with Crippen LogP contribution in [0.5, 0.6) is 0 Å². The molecule has 0 spiro atoms. The molecular weight excluding hydrogens is 236 g/mol. The third kappa shape index (κ3) is 5.05. The van der Waals surface area contributed by atoms with E-state index in [1.165, 1.54) is 12.8 Å². The molecule has 0 aromatic rings. The van der Waals surface area contributed by atoms with Gasteiger partial charge in [0.2, 0.25) is 0 Å². The Balaban J connectivity index is 5.01. The maximum absolute atomic E-state index is 6.66. The van der Waals surface area contributed by atoms with Gasteiger partial charge in [-0.1, -0.05) is 34.1 Å². The minimum atomic E-state index is -0.0412. The Bertz CT molecular complexity index is 233. The fraction of sp³-hybridized carbons (Fsp3) is 1.00. The fourth-order valence-electron chi connectivity index (χ4n) is 3.28. The number of hydrogen-bond donors (Lipinski definition) is 1. The minimum Gasteiger partial charge on any atom is -0.325 e. The van der Waals surface area contributed by atoms with Crippen molar-refractivity contribution in [1.29, 1.82) is 0 Å². The second-order valence-electron chi connectivity index (χ2n) is 6.32. The van der Waals surface area contributed by atoms with Gasteiger partial charge in [-0.25, -0.2) is 0 Å². The van der Waals surface area contributed by atoms with Crippen LogP contribution in [0.1, 0.15) is 73.6 Å². The van der Waals surface area contributed by atoms with Crippen LogP contribution in [0.2, 0.25) is 0 Å². The van der Waals surface area contributed by atoms with E-state index in [0.717, 1.165) is 25.8 Å². The topological polar surface area (TPSA) is 38.5 Å². The second-order valence-corrected chi connectivity index (χ2v) is 6.32. The number of nitrogens with two attached hydrogens (primary N) is 1. The molecular formula is C16H36N2O. The van der Waals surface area contributed by atoms with Crippen molar-refractivity contribution in [2.24, 2.45) is 11.7 Å². The van der Waals surface area contributed by atoms with E-state index in [9.17, 15) is 0 Å². The monoisotopic (exact) mass is 272 g/mol. The summed E-state index contributed by atoms with van der Waals surface area (Å²) in [5.41, 5.74) is 6.64. The Morgan fingerprint density at radius 2 is 1.63 bits per heavy atom. The first-order valence-electron chi connectivity index (χ1n) is 7.91. The van der Waals surface area contributed by atoms with Crippen LogP contribution in [-0.4, -0.2) is 29.8 Å². The van der Waals surface area contributed by atoms with Gasteiger partial charge >= 0.3 is 0 Å². The highest BCUT2D eigenvalue weighted by molar-refractivity contribution is 4.93. The molecule has 0 rings (SSSR count). The molecule has 0 aliphatic carbocycles. The van der Waals surface area contributed by atoms with Gasteiger partial charge in [-0.2, -0.15) is 5.06 Å². The predicted molar refractivity (Wildman–Crippen MR) is 84.0 cm³/mol. The van der Waals surface area contributed by atoms with Crippen LogP contribution in [0.4, 0.5) is 0 Å². The summed E-state index contributed by atoms with van der Waals surface area (Å²) in [6.07, 6.45) is 5.56. The normalized spacial score (nSPS) is 15.0. The highest BCUT2D eigenvalue weighted by Crippen LogP contribution is 2.35. The van der Waals surface area contributed by atoms with Crippen molar-refractivity contribution in [3.63, 3.8) is 0 Å². The average Bonchev–Trinajstić information content (AvgIpc) is 2.38. The van der Waals surface area contributed by atoms with Crippen LogP contribution >= 0.6 is 0 Å². The van der Waals surface area contributed by atoms with Crippen LogP contribution in [0.15, 0.2) is 0 Å². The van der Waals surface area contributed by atoms with E-state index in [4.69, 9.17) is 10.6 Å². The van der Waals surface area contributed by atoms with E-state index < -0.39 is 0 Å². The zero-order valence-corrected chi connectivity index (χ0v) is 14.3. The second kappa shape index (κ2) is 8.23. The lowest BCUT2D eigenvalue weighted by Gasteiger charge is -2.44. The Hall–Kier alpha value is -0.120. The molecule has 0 aliphatic heterocycles. The molecule has 116 valence electrons. The van der Waals surface area contributed by atoms with Crippen molar-refractivity contribution in [1.82, 2.24) is 5.06 Å². The lowest BCUT2D eigenvalue weighted by molar-refractivity contribution is -0.196. The van der Waals surface area contributed by atoms with Crippen LogP contribution in [0, 0.1) is 5.92 Å². The molecule has 0 fully saturated rings. The summed E-state index contributed by atoms with van der Waals surface area (Å²) in [7, 11) is 1.76. The summed E-state index contributed by atoms with van der Waals surface area (Å²) in [5, 5.41) is 2.07. The lowest BCUT2D eigenvalue weighted by atomic mass is 9.72. The molecule has 19 heavy (non-hydrogen) atoms. The van der Waals surface area contributed by atoms with E-state index in [1.54, 1.807) is 7.11 Å². The molecule has 0 saturated carbocycles. The van der Waals surface area contributed by atoms with Crippen molar-refractivity contribution in [3.8, 4) is 0 Å².